The van der Waals surface area contributed by atoms with Crippen LogP contribution in [0, 0.1) is 11.7 Å². The molecule has 0 radical (unpaired) electrons. The van der Waals surface area contributed by atoms with Crippen LogP contribution in [-0.2, 0) is 6.42 Å². The minimum atomic E-state index is -0.631. The number of ether oxygens (including phenoxy) is 1. The minimum Gasteiger partial charge on any atom is -0.491 e. The molecule has 0 aliphatic rings. The summed E-state index contributed by atoms with van der Waals surface area (Å²) in [4.78, 5) is 10.7. The van der Waals surface area contributed by atoms with Crippen LogP contribution < -0.4 is 15.8 Å². The Morgan fingerprint density at radius 2 is 1.70 bits per heavy atom. The Balaban J connectivity index is 0.000000287. The second-order valence-electron chi connectivity index (χ2n) is 9.10. The first-order chi connectivity index (χ1) is 17.8. The summed E-state index contributed by atoms with van der Waals surface area (Å²) in [6.07, 6.45) is 8.57. The predicted octanol–water partition coefficient (Wildman–Crippen LogP) is 8.09. The fraction of sp³-hybridized carbons (Fsp3) is 0.452. The number of carbonyl (C=O) groups excluding carboxylic acids is 1. The predicted molar refractivity (Wildman–Crippen MR) is 154 cm³/mol. The van der Waals surface area contributed by atoms with Crippen molar-refractivity contribution >= 4 is 22.5 Å². The number of carbonyl (C=O) groups is 1. The number of hydrogen-bond donors (Lipinski definition) is 3. The number of unbranched alkanes of at least 4 members (excludes halogenated alkanes) is 2. The van der Waals surface area contributed by atoms with E-state index < -0.39 is 6.03 Å². The van der Waals surface area contributed by atoms with Crippen molar-refractivity contribution in [1.29, 1.82) is 0 Å². The average molecular weight is 513 g/mol. The van der Waals surface area contributed by atoms with Crippen molar-refractivity contribution < 1.29 is 19.0 Å². The third-order valence-electron chi connectivity index (χ3n) is 5.98. The highest BCUT2D eigenvalue weighted by Crippen LogP contribution is 2.23. The van der Waals surface area contributed by atoms with Gasteiger partial charge in [-0.15, -0.1) is 0 Å². The first kappa shape index (κ1) is 31.9. The molecule has 5 nitrogen and oxygen atoms in total. The monoisotopic (exact) mass is 512 g/mol. The highest BCUT2D eigenvalue weighted by molar-refractivity contribution is 5.89. The fourth-order valence-corrected chi connectivity index (χ4v) is 3.51. The number of urea groups is 1. The molecule has 0 aromatic heterocycles. The maximum absolute atomic E-state index is 12.8. The molecule has 0 aliphatic heterocycles. The minimum absolute atomic E-state index is 0.0748. The number of halogens is 1. The normalized spacial score (nSPS) is 11.0. The summed E-state index contributed by atoms with van der Waals surface area (Å²) in [5.41, 5.74) is 6.82. The molecule has 204 valence electrons. The molecule has 0 saturated heterocycles. The van der Waals surface area contributed by atoms with E-state index in [1.807, 2.05) is 18.2 Å². The van der Waals surface area contributed by atoms with Crippen molar-refractivity contribution in [1.82, 2.24) is 0 Å². The second kappa shape index (κ2) is 19.1. The summed E-state index contributed by atoms with van der Waals surface area (Å²) < 4.78 is 18.2. The van der Waals surface area contributed by atoms with Crippen LogP contribution in [-0.4, -0.2) is 24.4 Å². The zero-order valence-corrected chi connectivity index (χ0v) is 22.9. The van der Waals surface area contributed by atoms with Crippen molar-refractivity contribution in [2.45, 2.75) is 72.6 Å². The van der Waals surface area contributed by atoms with Gasteiger partial charge in [0.2, 0.25) is 0 Å². The van der Waals surface area contributed by atoms with Crippen LogP contribution in [0.15, 0.2) is 60.7 Å². The molecule has 0 heterocycles. The standard InChI is InChI=1S/C12H11F.C10H14N2O3.C9H20/c1-2-9-3-4-11-8-12(13)6-5-10(11)7-9;11-10(14)12-8-4-1-2-5-9(8)15-7-3-6-13;1-4-6-7-8-9(3)5-2/h3-8H,2H2,1H3;1-2,4-5,13H,3,6-7H2,(H3,11,12,14);9H,4-8H2,1-3H3. The molecule has 2 amide bonds. The number of amides is 2. The third-order valence-corrected chi connectivity index (χ3v) is 5.98. The molecule has 3 aromatic carbocycles. The molecule has 0 aliphatic carbocycles. The van der Waals surface area contributed by atoms with Gasteiger partial charge in [0, 0.05) is 13.0 Å². The number of nitrogens with one attached hydrogen (secondary N) is 1. The van der Waals surface area contributed by atoms with Gasteiger partial charge >= 0.3 is 6.03 Å². The Labute approximate surface area is 222 Å². The van der Waals surface area contributed by atoms with E-state index >= 15 is 0 Å². The Morgan fingerprint density at radius 3 is 2.35 bits per heavy atom. The number of rotatable bonds is 11. The lowest BCUT2D eigenvalue weighted by Gasteiger charge is -2.10. The lowest BCUT2D eigenvalue weighted by Crippen LogP contribution is -2.19. The van der Waals surface area contributed by atoms with Gasteiger partial charge in [-0.1, -0.05) is 96.2 Å². The van der Waals surface area contributed by atoms with Gasteiger partial charge in [-0.3, -0.25) is 0 Å². The molecule has 37 heavy (non-hydrogen) atoms. The number of anilines is 1. The van der Waals surface area contributed by atoms with Crippen molar-refractivity contribution in [3.05, 3.63) is 72.0 Å². The van der Waals surface area contributed by atoms with Crippen LogP contribution in [0.5, 0.6) is 5.75 Å². The molecule has 0 fully saturated rings. The molecule has 0 bridgehead atoms. The molecule has 3 aromatic rings. The molecule has 4 N–H and O–H groups in total. The Bertz CT molecular complexity index is 1040. The quantitative estimate of drug-likeness (QED) is 0.227. The number of fused-ring (bicyclic) bond motifs is 1. The van der Waals surface area contributed by atoms with Crippen LogP contribution in [0.3, 0.4) is 0 Å². The summed E-state index contributed by atoms with van der Waals surface area (Å²) in [6.45, 7) is 9.47. The van der Waals surface area contributed by atoms with E-state index in [0.29, 0.717) is 24.5 Å². The van der Waals surface area contributed by atoms with Gasteiger partial charge in [-0.25, -0.2) is 9.18 Å². The van der Waals surface area contributed by atoms with Crippen LogP contribution in [0.25, 0.3) is 10.8 Å². The Kier molecular flexibility index (Phi) is 16.4. The second-order valence-corrected chi connectivity index (χ2v) is 9.10. The van der Waals surface area contributed by atoms with E-state index in [9.17, 15) is 9.18 Å². The topological polar surface area (TPSA) is 84.6 Å². The van der Waals surface area contributed by atoms with Crippen molar-refractivity contribution in [2.75, 3.05) is 18.5 Å². The first-order valence-corrected chi connectivity index (χ1v) is 13.4. The number of primary amides is 1. The van der Waals surface area contributed by atoms with Crippen LogP contribution >= 0.6 is 0 Å². The number of hydrogen-bond acceptors (Lipinski definition) is 3. The summed E-state index contributed by atoms with van der Waals surface area (Å²) >= 11 is 0. The molecule has 3 rings (SSSR count). The van der Waals surface area contributed by atoms with Gasteiger partial charge in [0.05, 0.1) is 12.3 Å². The van der Waals surface area contributed by atoms with Gasteiger partial charge in [0.15, 0.2) is 0 Å². The third kappa shape index (κ3) is 13.7. The van der Waals surface area contributed by atoms with Crippen LogP contribution in [0.4, 0.5) is 14.9 Å². The molecular formula is C31H45FN2O3. The maximum atomic E-state index is 12.8. The number of aliphatic hydroxyl groups excluding tert-OH is 1. The van der Waals surface area contributed by atoms with Crippen molar-refractivity contribution in [3.8, 4) is 5.75 Å². The van der Waals surface area contributed by atoms with Crippen LogP contribution in [0.2, 0.25) is 0 Å². The molecule has 0 spiro atoms. The summed E-state index contributed by atoms with van der Waals surface area (Å²) in [6, 6.07) is 17.4. The lowest BCUT2D eigenvalue weighted by atomic mass is 10.0. The summed E-state index contributed by atoms with van der Waals surface area (Å²) in [5.74, 6) is 1.33. The van der Waals surface area contributed by atoms with Gasteiger partial charge < -0.3 is 20.9 Å². The molecule has 1 unspecified atom stereocenters. The largest absolute Gasteiger partial charge is 0.491 e. The van der Waals surface area contributed by atoms with Gasteiger partial charge in [-0.05, 0) is 52.9 Å². The number of aliphatic hydroxyl groups is 1. The SMILES string of the molecule is CCCCCC(C)CC.CCc1ccc2cc(F)ccc2c1.NC(=O)Nc1ccccc1OCCCO. The molecule has 1 atom stereocenters. The maximum Gasteiger partial charge on any atom is 0.316 e. The smallest absolute Gasteiger partial charge is 0.316 e. The summed E-state index contributed by atoms with van der Waals surface area (Å²) in [5, 5.41) is 13.1. The van der Waals surface area contributed by atoms with E-state index in [1.54, 1.807) is 30.3 Å². The Hall–Kier alpha value is -3.12. The molecule has 6 heteroatoms. The highest BCUT2D eigenvalue weighted by atomic mass is 19.1. The van der Waals surface area contributed by atoms with Gasteiger partial charge in [-0.2, -0.15) is 0 Å². The van der Waals surface area contributed by atoms with E-state index in [0.717, 1.165) is 23.1 Å². The number of benzene rings is 3. The van der Waals surface area contributed by atoms with E-state index in [1.165, 1.54) is 43.7 Å². The number of aryl methyl sites for hydroxylation is 1. The lowest BCUT2D eigenvalue weighted by molar-refractivity contribution is 0.234. The van der Waals surface area contributed by atoms with Gasteiger partial charge in [0.25, 0.3) is 0 Å². The number of para-hydroxylation sites is 2. The zero-order valence-electron chi connectivity index (χ0n) is 22.9. The Morgan fingerprint density at radius 1 is 1.00 bits per heavy atom. The van der Waals surface area contributed by atoms with Crippen molar-refractivity contribution in [2.24, 2.45) is 11.7 Å². The first-order valence-electron chi connectivity index (χ1n) is 13.4. The van der Waals surface area contributed by atoms with E-state index in [-0.39, 0.29) is 12.4 Å². The van der Waals surface area contributed by atoms with Gasteiger partial charge in [0.1, 0.15) is 11.6 Å². The zero-order chi connectivity index (χ0) is 27.5. The number of nitrogens with two attached hydrogens (primary N) is 1. The van der Waals surface area contributed by atoms with E-state index in [4.69, 9.17) is 15.6 Å². The van der Waals surface area contributed by atoms with Crippen molar-refractivity contribution in [3.63, 3.8) is 0 Å². The fourth-order valence-electron chi connectivity index (χ4n) is 3.51. The molecule has 0 saturated carbocycles. The van der Waals surface area contributed by atoms with E-state index in [2.05, 4.69) is 39.1 Å². The average Bonchev–Trinajstić information content (AvgIpc) is 2.90. The summed E-state index contributed by atoms with van der Waals surface area (Å²) in [7, 11) is 0. The van der Waals surface area contributed by atoms with Crippen LogP contribution in [0.1, 0.15) is 71.8 Å². The highest BCUT2D eigenvalue weighted by Gasteiger charge is 2.04. The molecular weight excluding hydrogens is 467 g/mol.